The lowest BCUT2D eigenvalue weighted by atomic mass is 10.2. The van der Waals surface area contributed by atoms with E-state index in [0.29, 0.717) is 12.5 Å². The second-order valence-corrected chi connectivity index (χ2v) is 6.21. The Morgan fingerprint density at radius 3 is 2.33 bits per heavy atom. The number of benzene rings is 1. The van der Waals surface area contributed by atoms with Crippen LogP contribution in [-0.2, 0) is 16.2 Å². The number of sulfonamides is 1. The third kappa shape index (κ3) is 4.14. The molecular formula is C12H15F4NO3S. The van der Waals surface area contributed by atoms with E-state index in [1.165, 1.54) is 0 Å². The Balaban J connectivity index is 3.31. The summed E-state index contributed by atoms with van der Waals surface area (Å²) in [6.45, 7) is 1.02. The van der Waals surface area contributed by atoms with Crippen molar-refractivity contribution in [2.24, 2.45) is 0 Å². The van der Waals surface area contributed by atoms with Crippen molar-refractivity contribution in [1.82, 2.24) is 4.31 Å². The lowest BCUT2D eigenvalue weighted by Gasteiger charge is -2.21. The SMILES string of the molecule is CCCN(CCO)S(=O)(=O)c1ccc(F)c(C(F)(F)F)c1. The summed E-state index contributed by atoms with van der Waals surface area (Å²) in [6.07, 6.45) is -4.56. The summed E-state index contributed by atoms with van der Waals surface area (Å²) in [4.78, 5) is -0.655. The number of alkyl halides is 3. The predicted molar refractivity (Wildman–Crippen MR) is 67.5 cm³/mol. The van der Waals surface area contributed by atoms with Crippen LogP contribution in [0.25, 0.3) is 0 Å². The standard InChI is InChI=1S/C12H15F4NO3S/c1-2-5-17(6-7-18)21(19,20)9-3-4-11(13)10(8-9)12(14,15)16/h3-4,8,18H,2,5-7H2,1H3. The maximum absolute atomic E-state index is 13.2. The topological polar surface area (TPSA) is 57.6 Å². The van der Waals surface area contributed by atoms with Crippen molar-refractivity contribution in [1.29, 1.82) is 0 Å². The van der Waals surface area contributed by atoms with Gasteiger partial charge < -0.3 is 5.11 Å². The van der Waals surface area contributed by atoms with E-state index >= 15 is 0 Å². The van der Waals surface area contributed by atoms with E-state index in [0.717, 1.165) is 10.4 Å². The number of aliphatic hydroxyl groups is 1. The molecule has 1 aromatic rings. The average molecular weight is 329 g/mol. The minimum absolute atomic E-state index is 0.0433. The molecule has 0 heterocycles. The second-order valence-electron chi connectivity index (χ2n) is 4.27. The molecule has 0 spiro atoms. The zero-order valence-electron chi connectivity index (χ0n) is 11.2. The van der Waals surface area contributed by atoms with Crippen LogP contribution in [0.3, 0.4) is 0 Å². The van der Waals surface area contributed by atoms with Crippen LogP contribution in [0.1, 0.15) is 18.9 Å². The molecule has 0 saturated carbocycles. The van der Waals surface area contributed by atoms with Crippen molar-refractivity contribution < 1.29 is 31.1 Å². The number of nitrogens with zero attached hydrogens (tertiary/aromatic N) is 1. The Morgan fingerprint density at radius 2 is 1.86 bits per heavy atom. The third-order valence-corrected chi connectivity index (χ3v) is 4.60. The minimum atomic E-state index is -4.98. The van der Waals surface area contributed by atoms with Gasteiger partial charge in [0.2, 0.25) is 10.0 Å². The number of halogens is 4. The quantitative estimate of drug-likeness (QED) is 0.815. The van der Waals surface area contributed by atoms with Crippen LogP contribution in [0.4, 0.5) is 17.6 Å². The van der Waals surface area contributed by atoms with Crippen LogP contribution in [-0.4, -0.2) is 37.5 Å². The zero-order chi connectivity index (χ0) is 16.3. The number of aliphatic hydroxyl groups excluding tert-OH is 1. The van der Waals surface area contributed by atoms with Crippen molar-refractivity contribution in [3.8, 4) is 0 Å². The van der Waals surface area contributed by atoms with Crippen LogP contribution in [0.5, 0.6) is 0 Å². The van der Waals surface area contributed by atoms with Crippen LogP contribution in [0.2, 0.25) is 0 Å². The Hall–Kier alpha value is -1.19. The maximum atomic E-state index is 13.2. The van der Waals surface area contributed by atoms with Gasteiger partial charge in [0.15, 0.2) is 0 Å². The van der Waals surface area contributed by atoms with Crippen LogP contribution in [0.15, 0.2) is 23.1 Å². The molecule has 0 bridgehead atoms. The van der Waals surface area contributed by atoms with Crippen molar-refractivity contribution in [3.05, 3.63) is 29.6 Å². The van der Waals surface area contributed by atoms with E-state index in [2.05, 4.69) is 0 Å². The van der Waals surface area contributed by atoms with E-state index in [1.807, 2.05) is 0 Å². The molecule has 0 amide bonds. The first-order valence-electron chi connectivity index (χ1n) is 6.12. The summed E-state index contributed by atoms with van der Waals surface area (Å²) >= 11 is 0. The predicted octanol–water partition coefficient (Wildman–Crippen LogP) is 2.24. The van der Waals surface area contributed by atoms with Gasteiger partial charge in [-0.25, -0.2) is 12.8 Å². The number of hydrogen-bond acceptors (Lipinski definition) is 3. The molecule has 1 N–H and O–H groups in total. The highest BCUT2D eigenvalue weighted by Crippen LogP contribution is 2.33. The van der Waals surface area contributed by atoms with Crippen LogP contribution < -0.4 is 0 Å². The molecule has 9 heteroatoms. The number of rotatable bonds is 6. The highest BCUT2D eigenvalue weighted by Gasteiger charge is 2.36. The van der Waals surface area contributed by atoms with Gasteiger partial charge in [0.05, 0.1) is 17.1 Å². The van der Waals surface area contributed by atoms with Gasteiger partial charge in [-0.2, -0.15) is 17.5 Å². The van der Waals surface area contributed by atoms with Crippen molar-refractivity contribution in [3.63, 3.8) is 0 Å². The lowest BCUT2D eigenvalue weighted by Crippen LogP contribution is -2.34. The van der Waals surface area contributed by atoms with E-state index in [9.17, 15) is 26.0 Å². The summed E-state index contributed by atoms with van der Waals surface area (Å²) in [7, 11) is -4.22. The first-order chi connectivity index (χ1) is 9.64. The van der Waals surface area contributed by atoms with E-state index < -0.39 is 39.1 Å². The molecule has 0 atom stereocenters. The first kappa shape index (κ1) is 17.9. The minimum Gasteiger partial charge on any atom is -0.395 e. The monoisotopic (exact) mass is 329 g/mol. The number of hydrogen-bond donors (Lipinski definition) is 1. The van der Waals surface area contributed by atoms with E-state index in [4.69, 9.17) is 5.11 Å². The molecule has 0 aliphatic carbocycles. The molecule has 0 aliphatic heterocycles. The van der Waals surface area contributed by atoms with Crippen molar-refractivity contribution in [2.45, 2.75) is 24.4 Å². The normalized spacial score (nSPS) is 12.9. The van der Waals surface area contributed by atoms with Gasteiger partial charge in [-0.3, -0.25) is 0 Å². The fourth-order valence-electron chi connectivity index (χ4n) is 1.74. The lowest BCUT2D eigenvalue weighted by molar-refractivity contribution is -0.140. The van der Waals surface area contributed by atoms with E-state index in [1.54, 1.807) is 6.92 Å². The van der Waals surface area contributed by atoms with Gasteiger partial charge in [0.1, 0.15) is 5.82 Å². The molecule has 1 aromatic carbocycles. The van der Waals surface area contributed by atoms with Gasteiger partial charge in [-0.1, -0.05) is 6.92 Å². The second kappa shape index (κ2) is 6.71. The van der Waals surface area contributed by atoms with Gasteiger partial charge in [-0.05, 0) is 24.6 Å². The summed E-state index contributed by atoms with van der Waals surface area (Å²) in [5.41, 5.74) is -1.64. The van der Waals surface area contributed by atoms with Crippen molar-refractivity contribution >= 4 is 10.0 Å². The molecule has 0 unspecified atom stereocenters. The third-order valence-electron chi connectivity index (χ3n) is 2.70. The molecule has 4 nitrogen and oxygen atoms in total. The Morgan fingerprint density at radius 1 is 1.24 bits per heavy atom. The van der Waals surface area contributed by atoms with Gasteiger partial charge in [-0.15, -0.1) is 0 Å². The molecule has 0 radical (unpaired) electrons. The summed E-state index contributed by atoms with van der Waals surface area (Å²) in [5, 5.41) is 8.86. The van der Waals surface area contributed by atoms with Gasteiger partial charge in [0.25, 0.3) is 0 Å². The Labute approximate surface area is 120 Å². The zero-order valence-corrected chi connectivity index (χ0v) is 12.0. The van der Waals surface area contributed by atoms with Crippen LogP contribution >= 0.6 is 0 Å². The summed E-state index contributed by atoms with van der Waals surface area (Å²) < 4.78 is 76.4. The molecule has 0 fully saturated rings. The molecule has 0 aliphatic rings. The molecule has 1 rings (SSSR count). The van der Waals surface area contributed by atoms with Gasteiger partial charge in [0, 0.05) is 13.1 Å². The fraction of sp³-hybridized carbons (Fsp3) is 0.500. The summed E-state index contributed by atoms with van der Waals surface area (Å²) in [6, 6.07) is 1.52. The first-order valence-corrected chi connectivity index (χ1v) is 7.56. The Kier molecular flexibility index (Phi) is 5.71. The molecule has 0 saturated heterocycles. The molecule has 120 valence electrons. The average Bonchev–Trinajstić information content (AvgIpc) is 2.37. The van der Waals surface area contributed by atoms with Gasteiger partial charge >= 0.3 is 6.18 Å². The Bertz CT molecular complexity index is 581. The van der Waals surface area contributed by atoms with Crippen molar-refractivity contribution in [2.75, 3.05) is 19.7 Å². The summed E-state index contributed by atoms with van der Waals surface area (Å²) in [5.74, 6) is -1.54. The molecular weight excluding hydrogens is 314 g/mol. The molecule has 21 heavy (non-hydrogen) atoms. The highest BCUT2D eigenvalue weighted by atomic mass is 32.2. The van der Waals surface area contributed by atoms with E-state index in [-0.39, 0.29) is 19.2 Å². The fourth-order valence-corrected chi connectivity index (χ4v) is 3.29. The highest BCUT2D eigenvalue weighted by molar-refractivity contribution is 7.89. The smallest absolute Gasteiger partial charge is 0.395 e. The maximum Gasteiger partial charge on any atom is 0.419 e. The largest absolute Gasteiger partial charge is 0.419 e. The van der Waals surface area contributed by atoms with Crippen LogP contribution in [0, 0.1) is 5.82 Å². The molecule has 0 aromatic heterocycles.